The van der Waals surface area contributed by atoms with Crippen LogP contribution in [0.25, 0.3) is 0 Å². The summed E-state index contributed by atoms with van der Waals surface area (Å²) < 4.78 is 11.1. The molecule has 1 amide bonds. The number of amides is 1. The number of rotatable bonds is 9. The van der Waals surface area contributed by atoms with Crippen LogP contribution >= 0.6 is 0 Å². The van der Waals surface area contributed by atoms with E-state index in [1.807, 2.05) is 18.2 Å². The molecule has 0 saturated carbocycles. The topological polar surface area (TPSA) is 62.3 Å². The maximum atomic E-state index is 12.3. The van der Waals surface area contributed by atoms with Crippen molar-refractivity contribution in [3.8, 4) is 5.75 Å². The predicted molar refractivity (Wildman–Crippen MR) is 138 cm³/mol. The fourth-order valence-electron chi connectivity index (χ4n) is 4.82. The molecule has 0 atom stereocenters. The van der Waals surface area contributed by atoms with E-state index in [0.29, 0.717) is 19.4 Å². The SMILES string of the molecule is CC(=O)OCN1C(=O)CCc2ccc(OCCCCN3CCN(c4cccc(C)c4C)CC3)cc21. The normalized spacial score (nSPS) is 16.3. The van der Waals surface area contributed by atoms with Gasteiger partial charge in [-0.1, -0.05) is 18.2 Å². The molecular weight excluding hydrogens is 442 g/mol. The molecule has 0 aromatic heterocycles. The summed E-state index contributed by atoms with van der Waals surface area (Å²) in [5, 5.41) is 0. The molecule has 2 aliphatic heterocycles. The highest BCUT2D eigenvalue weighted by Crippen LogP contribution is 2.31. The van der Waals surface area contributed by atoms with Crippen molar-refractivity contribution < 1.29 is 19.1 Å². The van der Waals surface area contributed by atoms with Crippen LogP contribution in [-0.2, 0) is 20.7 Å². The number of unbranched alkanes of at least 4 members (excludes halogenated alkanes) is 1. The van der Waals surface area contributed by atoms with Gasteiger partial charge in [0.25, 0.3) is 0 Å². The fourth-order valence-corrected chi connectivity index (χ4v) is 4.82. The van der Waals surface area contributed by atoms with E-state index in [0.717, 1.165) is 62.6 Å². The zero-order valence-electron chi connectivity index (χ0n) is 21.2. The highest BCUT2D eigenvalue weighted by Gasteiger charge is 2.25. The van der Waals surface area contributed by atoms with E-state index >= 15 is 0 Å². The zero-order chi connectivity index (χ0) is 24.8. The molecule has 2 aromatic carbocycles. The van der Waals surface area contributed by atoms with Gasteiger partial charge in [-0.25, -0.2) is 0 Å². The summed E-state index contributed by atoms with van der Waals surface area (Å²) in [6, 6.07) is 12.4. The van der Waals surface area contributed by atoms with Gasteiger partial charge in [0.2, 0.25) is 5.91 Å². The van der Waals surface area contributed by atoms with Crippen LogP contribution in [0.3, 0.4) is 0 Å². The molecular formula is C28H37N3O4. The minimum atomic E-state index is -0.399. The van der Waals surface area contributed by atoms with E-state index in [9.17, 15) is 9.59 Å². The van der Waals surface area contributed by atoms with Gasteiger partial charge in [0.15, 0.2) is 6.73 Å². The minimum absolute atomic E-state index is 0.0337. The van der Waals surface area contributed by atoms with E-state index in [-0.39, 0.29) is 12.6 Å². The van der Waals surface area contributed by atoms with Crippen LogP contribution in [0.1, 0.15) is 42.9 Å². The molecule has 0 aliphatic carbocycles. The van der Waals surface area contributed by atoms with Crippen molar-refractivity contribution in [1.29, 1.82) is 0 Å². The lowest BCUT2D eigenvalue weighted by atomic mass is 10.0. The van der Waals surface area contributed by atoms with Crippen molar-refractivity contribution in [1.82, 2.24) is 4.90 Å². The molecule has 0 bridgehead atoms. The summed E-state index contributed by atoms with van der Waals surface area (Å²) in [6.45, 7) is 11.7. The van der Waals surface area contributed by atoms with Crippen LogP contribution < -0.4 is 14.5 Å². The highest BCUT2D eigenvalue weighted by molar-refractivity contribution is 5.96. The molecule has 2 aliphatic rings. The summed E-state index contributed by atoms with van der Waals surface area (Å²) >= 11 is 0. The van der Waals surface area contributed by atoms with E-state index < -0.39 is 5.97 Å². The first-order valence-corrected chi connectivity index (χ1v) is 12.7. The second-order valence-corrected chi connectivity index (χ2v) is 9.48. The predicted octanol–water partition coefficient (Wildman–Crippen LogP) is 4.08. The van der Waals surface area contributed by atoms with Crippen LogP contribution in [0, 0.1) is 13.8 Å². The van der Waals surface area contributed by atoms with Crippen LogP contribution in [0.2, 0.25) is 0 Å². The zero-order valence-corrected chi connectivity index (χ0v) is 21.2. The third kappa shape index (κ3) is 6.34. The van der Waals surface area contributed by atoms with Gasteiger partial charge < -0.3 is 14.4 Å². The first-order valence-electron chi connectivity index (χ1n) is 12.7. The maximum Gasteiger partial charge on any atom is 0.304 e. The summed E-state index contributed by atoms with van der Waals surface area (Å²) in [7, 11) is 0. The van der Waals surface area contributed by atoms with E-state index in [4.69, 9.17) is 9.47 Å². The van der Waals surface area contributed by atoms with Gasteiger partial charge in [-0.3, -0.25) is 19.4 Å². The lowest BCUT2D eigenvalue weighted by Gasteiger charge is -2.37. The van der Waals surface area contributed by atoms with Crippen molar-refractivity contribution in [3.63, 3.8) is 0 Å². The molecule has 0 N–H and O–H groups in total. The van der Waals surface area contributed by atoms with Gasteiger partial charge >= 0.3 is 5.97 Å². The van der Waals surface area contributed by atoms with Crippen molar-refractivity contribution in [2.45, 2.75) is 46.5 Å². The molecule has 0 radical (unpaired) electrons. The Hall–Kier alpha value is -3.06. The molecule has 4 rings (SSSR count). The summed E-state index contributed by atoms with van der Waals surface area (Å²) in [5.74, 6) is 0.311. The number of ether oxygens (including phenoxy) is 2. The largest absolute Gasteiger partial charge is 0.494 e. The Labute approximate surface area is 208 Å². The number of aryl methyl sites for hydroxylation is 2. The fraction of sp³-hybridized carbons (Fsp3) is 0.500. The Kier molecular flexibility index (Phi) is 8.29. The van der Waals surface area contributed by atoms with Gasteiger partial charge in [-0.15, -0.1) is 0 Å². The van der Waals surface area contributed by atoms with Crippen LogP contribution in [0.5, 0.6) is 5.75 Å². The van der Waals surface area contributed by atoms with E-state index in [2.05, 4.69) is 41.8 Å². The quantitative estimate of drug-likeness (QED) is 0.399. The first kappa shape index (κ1) is 25.0. The molecule has 35 heavy (non-hydrogen) atoms. The number of hydrogen-bond donors (Lipinski definition) is 0. The molecule has 7 heteroatoms. The second-order valence-electron chi connectivity index (χ2n) is 9.48. The smallest absolute Gasteiger partial charge is 0.304 e. The van der Waals surface area contributed by atoms with Gasteiger partial charge in [-0.2, -0.15) is 0 Å². The number of carbonyl (C=O) groups excluding carboxylic acids is 2. The van der Waals surface area contributed by atoms with E-state index in [1.54, 1.807) is 0 Å². The third-order valence-electron chi connectivity index (χ3n) is 7.08. The lowest BCUT2D eigenvalue weighted by molar-refractivity contribution is -0.141. The van der Waals surface area contributed by atoms with Crippen molar-refractivity contribution in [2.24, 2.45) is 0 Å². The summed E-state index contributed by atoms with van der Waals surface area (Å²) in [6.07, 6.45) is 3.19. The molecule has 2 aromatic rings. The van der Waals surface area contributed by atoms with Gasteiger partial charge in [0, 0.05) is 51.3 Å². The number of carbonyl (C=O) groups is 2. The number of hydrogen-bond acceptors (Lipinski definition) is 6. The number of nitrogens with zero attached hydrogens (tertiary/aromatic N) is 3. The minimum Gasteiger partial charge on any atom is -0.494 e. The first-order chi connectivity index (χ1) is 16.9. The third-order valence-corrected chi connectivity index (χ3v) is 7.08. The molecule has 0 spiro atoms. The number of piperazine rings is 1. The average molecular weight is 480 g/mol. The average Bonchev–Trinajstić information content (AvgIpc) is 2.85. The lowest BCUT2D eigenvalue weighted by Crippen LogP contribution is -2.46. The Balaban J connectivity index is 1.20. The Morgan fingerprint density at radius 1 is 0.971 bits per heavy atom. The molecule has 2 heterocycles. The van der Waals surface area contributed by atoms with Gasteiger partial charge in [0.1, 0.15) is 5.75 Å². The molecule has 7 nitrogen and oxygen atoms in total. The second kappa shape index (κ2) is 11.6. The van der Waals surface area contributed by atoms with Gasteiger partial charge in [-0.05, 0) is 68.5 Å². The molecule has 0 unspecified atom stereocenters. The molecule has 1 fully saturated rings. The summed E-state index contributed by atoms with van der Waals surface area (Å²) in [4.78, 5) is 30.1. The summed E-state index contributed by atoms with van der Waals surface area (Å²) in [5.41, 5.74) is 5.97. The van der Waals surface area contributed by atoms with Gasteiger partial charge in [0.05, 0.1) is 12.3 Å². The van der Waals surface area contributed by atoms with E-state index in [1.165, 1.54) is 28.6 Å². The van der Waals surface area contributed by atoms with Crippen molar-refractivity contribution in [3.05, 3.63) is 53.1 Å². The monoisotopic (exact) mass is 479 g/mol. The van der Waals surface area contributed by atoms with Crippen LogP contribution in [0.4, 0.5) is 11.4 Å². The number of anilines is 2. The number of esters is 1. The number of benzene rings is 2. The Morgan fingerprint density at radius 3 is 2.54 bits per heavy atom. The highest BCUT2D eigenvalue weighted by atomic mass is 16.5. The molecule has 188 valence electrons. The maximum absolute atomic E-state index is 12.3. The van der Waals surface area contributed by atoms with Crippen molar-refractivity contribution >= 4 is 23.3 Å². The number of fused-ring (bicyclic) bond motifs is 1. The Bertz CT molecular complexity index is 1050. The Morgan fingerprint density at radius 2 is 1.77 bits per heavy atom. The van der Waals surface area contributed by atoms with Crippen LogP contribution in [0.15, 0.2) is 36.4 Å². The van der Waals surface area contributed by atoms with Crippen molar-refractivity contribution in [2.75, 3.05) is 55.9 Å². The van der Waals surface area contributed by atoms with Crippen LogP contribution in [-0.4, -0.2) is 62.8 Å². The molecule has 1 saturated heterocycles. The standard InChI is InChI=1S/C28H37N3O4/c1-21-7-6-8-26(22(21)2)30-16-14-29(15-17-30)13-4-5-18-34-25-11-9-24-10-12-28(33)31(27(24)19-25)20-35-23(3)32/h6-9,11,19H,4-5,10,12-18,20H2,1-3H3.